The molecule has 1 aromatic carbocycles. The number of carbonyl (C=O) groups is 1. The molecule has 1 saturated heterocycles. The van der Waals surface area contributed by atoms with Crippen LogP contribution in [-0.4, -0.2) is 43.9 Å². The number of likely N-dealkylation sites (tertiary alicyclic amines) is 1. The second-order valence-corrected chi connectivity index (χ2v) is 9.27. The maximum absolute atomic E-state index is 12.7. The Balaban J connectivity index is 1.43. The molecule has 1 amide bonds. The Morgan fingerprint density at radius 2 is 2.28 bits per heavy atom. The van der Waals surface area contributed by atoms with Gasteiger partial charge in [-0.15, -0.1) is 16.4 Å². The molecular weight excluding hydrogens is 452 g/mol. The molecule has 29 heavy (non-hydrogen) atoms. The van der Waals surface area contributed by atoms with E-state index in [1.54, 1.807) is 4.68 Å². The van der Waals surface area contributed by atoms with E-state index in [0.717, 1.165) is 41.4 Å². The summed E-state index contributed by atoms with van der Waals surface area (Å²) in [5.74, 6) is 0.439. The summed E-state index contributed by atoms with van der Waals surface area (Å²) in [6, 6.07) is 7.70. The first kappa shape index (κ1) is 20.2. The second-order valence-electron chi connectivity index (χ2n) is 7.50. The number of aromatic nitrogens is 4. The number of hydrogen-bond acceptors (Lipinski definition) is 6. The van der Waals surface area contributed by atoms with Crippen molar-refractivity contribution in [3.8, 4) is 5.69 Å². The zero-order valence-corrected chi connectivity index (χ0v) is 18.8. The van der Waals surface area contributed by atoms with Crippen LogP contribution in [0.4, 0.5) is 5.13 Å². The van der Waals surface area contributed by atoms with Crippen molar-refractivity contribution in [1.82, 2.24) is 24.9 Å². The maximum Gasteiger partial charge on any atom is 0.279 e. The Hall–Kier alpha value is -2.10. The minimum absolute atomic E-state index is 0.295. The molecular formula is C20H23BrN6OS. The number of halogens is 1. The van der Waals surface area contributed by atoms with E-state index in [1.807, 2.05) is 36.6 Å². The molecule has 0 spiro atoms. The largest absolute Gasteiger partial charge is 0.297 e. The van der Waals surface area contributed by atoms with Crippen molar-refractivity contribution in [2.75, 3.05) is 18.4 Å². The van der Waals surface area contributed by atoms with E-state index in [-0.39, 0.29) is 5.91 Å². The lowest BCUT2D eigenvalue weighted by Crippen LogP contribution is -2.33. The number of nitrogens with zero attached hydrogens (tertiary/aromatic N) is 5. The number of rotatable bonds is 5. The van der Waals surface area contributed by atoms with Crippen molar-refractivity contribution in [2.45, 2.75) is 33.2 Å². The Morgan fingerprint density at radius 3 is 3.07 bits per heavy atom. The molecule has 0 saturated carbocycles. The van der Waals surface area contributed by atoms with Crippen molar-refractivity contribution in [1.29, 1.82) is 0 Å². The number of anilines is 1. The van der Waals surface area contributed by atoms with Crippen LogP contribution in [-0.2, 0) is 6.54 Å². The van der Waals surface area contributed by atoms with Gasteiger partial charge in [0.25, 0.3) is 5.91 Å². The van der Waals surface area contributed by atoms with Crippen LogP contribution in [0.3, 0.4) is 0 Å². The quantitative estimate of drug-likeness (QED) is 0.596. The lowest BCUT2D eigenvalue weighted by molar-refractivity contribution is 0.102. The normalized spacial score (nSPS) is 17.4. The second kappa shape index (κ2) is 8.73. The fourth-order valence-electron chi connectivity index (χ4n) is 3.64. The standard InChI is InChI=1S/C20H23BrN6OS/c1-13-5-4-8-26(10-13)11-16-12-29-20(22-16)23-19(28)18-14(2)27(25-24-18)17-7-3-6-15(21)9-17/h3,6-7,9,12-13H,4-5,8,10-11H2,1-2H3,(H,22,23,28). The van der Waals surface area contributed by atoms with Crippen molar-refractivity contribution in [2.24, 2.45) is 5.92 Å². The number of nitrogens with one attached hydrogen (secondary N) is 1. The Bertz CT molecular complexity index is 1020. The van der Waals surface area contributed by atoms with Crippen molar-refractivity contribution in [3.63, 3.8) is 0 Å². The van der Waals surface area contributed by atoms with Gasteiger partial charge in [-0.2, -0.15) is 0 Å². The van der Waals surface area contributed by atoms with Crippen molar-refractivity contribution < 1.29 is 4.79 Å². The lowest BCUT2D eigenvalue weighted by Gasteiger charge is -2.30. The lowest BCUT2D eigenvalue weighted by atomic mass is 10.0. The number of benzene rings is 1. The summed E-state index contributed by atoms with van der Waals surface area (Å²) in [7, 11) is 0. The van der Waals surface area contributed by atoms with Crippen LogP contribution in [0.1, 0.15) is 41.6 Å². The molecule has 1 fully saturated rings. The molecule has 3 heterocycles. The topological polar surface area (TPSA) is 75.9 Å². The predicted octanol–water partition coefficient (Wildman–Crippen LogP) is 4.28. The number of hydrogen-bond donors (Lipinski definition) is 1. The highest BCUT2D eigenvalue weighted by atomic mass is 79.9. The Morgan fingerprint density at radius 1 is 1.41 bits per heavy atom. The summed E-state index contributed by atoms with van der Waals surface area (Å²) in [6.07, 6.45) is 2.54. The summed E-state index contributed by atoms with van der Waals surface area (Å²) in [5.41, 5.74) is 2.82. The van der Waals surface area contributed by atoms with Gasteiger partial charge in [0.05, 0.1) is 17.1 Å². The van der Waals surface area contributed by atoms with E-state index in [4.69, 9.17) is 0 Å². The minimum Gasteiger partial charge on any atom is -0.297 e. The van der Waals surface area contributed by atoms with Gasteiger partial charge in [0, 0.05) is 22.9 Å². The molecule has 0 bridgehead atoms. The molecule has 1 unspecified atom stereocenters. The number of piperidine rings is 1. The van der Waals surface area contributed by atoms with Gasteiger partial charge in [-0.25, -0.2) is 9.67 Å². The fraction of sp³-hybridized carbons (Fsp3) is 0.400. The fourth-order valence-corrected chi connectivity index (χ4v) is 4.73. The third kappa shape index (κ3) is 4.73. The molecule has 3 aromatic rings. The molecule has 1 aliphatic rings. The molecule has 0 aliphatic carbocycles. The molecule has 1 atom stereocenters. The first-order chi connectivity index (χ1) is 14.0. The van der Waals surface area contributed by atoms with Crippen LogP contribution in [0.5, 0.6) is 0 Å². The summed E-state index contributed by atoms with van der Waals surface area (Å²) >= 11 is 4.90. The number of carbonyl (C=O) groups excluding carboxylic acids is 1. The van der Waals surface area contributed by atoms with E-state index in [2.05, 4.69) is 48.4 Å². The van der Waals surface area contributed by atoms with Crippen LogP contribution in [0.2, 0.25) is 0 Å². The van der Waals surface area contributed by atoms with Crippen LogP contribution in [0.25, 0.3) is 5.69 Å². The summed E-state index contributed by atoms with van der Waals surface area (Å²) < 4.78 is 2.60. The number of thiazole rings is 1. The first-order valence-corrected chi connectivity index (χ1v) is 11.3. The molecule has 152 valence electrons. The number of amides is 1. The first-order valence-electron chi connectivity index (χ1n) is 9.66. The molecule has 2 aromatic heterocycles. The summed E-state index contributed by atoms with van der Waals surface area (Å²) in [5, 5.41) is 13.7. The molecule has 7 nitrogen and oxygen atoms in total. The molecule has 0 radical (unpaired) electrons. The van der Waals surface area contributed by atoms with Gasteiger partial charge >= 0.3 is 0 Å². The van der Waals surface area contributed by atoms with Gasteiger partial charge < -0.3 is 0 Å². The highest BCUT2D eigenvalue weighted by Gasteiger charge is 2.20. The van der Waals surface area contributed by atoms with Crippen LogP contribution in [0.15, 0.2) is 34.1 Å². The van der Waals surface area contributed by atoms with Crippen LogP contribution in [0, 0.1) is 12.8 Å². The highest BCUT2D eigenvalue weighted by molar-refractivity contribution is 9.10. The van der Waals surface area contributed by atoms with Gasteiger partial charge in [0.15, 0.2) is 10.8 Å². The van der Waals surface area contributed by atoms with E-state index < -0.39 is 0 Å². The van der Waals surface area contributed by atoms with Gasteiger partial charge in [-0.1, -0.05) is 34.1 Å². The monoisotopic (exact) mass is 474 g/mol. The summed E-state index contributed by atoms with van der Waals surface area (Å²) in [6.45, 7) is 7.18. The minimum atomic E-state index is -0.295. The molecule has 1 N–H and O–H groups in total. The molecule has 9 heteroatoms. The predicted molar refractivity (Wildman–Crippen MR) is 118 cm³/mol. The highest BCUT2D eigenvalue weighted by Crippen LogP contribution is 2.22. The Kier molecular flexibility index (Phi) is 6.07. The third-order valence-corrected chi connectivity index (χ3v) is 6.36. The zero-order chi connectivity index (χ0) is 20.4. The smallest absolute Gasteiger partial charge is 0.279 e. The van der Waals surface area contributed by atoms with Crippen LogP contribution < -0.4 is 5.32 Å². The average molecular weight is 475 g/mol. The Labute approximate surface area is 182 Å². The van der Waals surface area contributed by atoms with Gasteiger partial charge in [-0.3, -0.25) is 15.0 Å². The summed E-state index contributed by atoms with van der Waals surface area (Å²) in [4.78, 5) is 19.7. The zero-order valence-electron chi connectivity index (χ0n) is 16.4. The van der Waals surface area contributed by atoms with Crippen LogP contribution >= 0.6 is 27.3 Å². The van der Waals surface area contributed by atoms with Gasteiger partial charge in [-0.05, 0) is 50.4 Å². The van der Waals surface area contributed by atoms with E-state index in [1.165, 1.54) is 24.2 Å². The van der Waals surface area contributed by atoms with E-state index in [0.29, 0.717) is 16.5 Å². The average Bonchev–Trinajstić information content (AvgIpc) is 3.28. The van der Waals surface area contributed by atoms with Crippen molar-refractivity contribution in [3.05, 3.63) is 51.2 Å². The SMILES string of the molecule is Cc1c(C(=O)Nc2nc(CN3CCCC(C)C3)cs2)nnn1-c1cccc(Br)c1. The molecule has 1 aliphatic heterocycles. The van der Waals surface area contributed by atoms with Crippen molar-refractivity contribution >= 4 is 38.3 Å². The van der Waals surface area contributed by atoms with E-state index >= 15 is 0 Å². The molecule has 4 rings (SSSR count). The third-order valence-electron chi connectivity index (χ3n) is 5.06. The maximum atomic E-state index is 12.7. The van der Waals surface area contributed by atoms with E-state index in [9.17, 15) is 4.79 Å². The van der Waals surface area contributed by atoms with Gasteiger partial charge in [0.1, 0.15) is 0 Å². The van der Waals surface area contributed by atoms with Gasteiger partial charge in [0.2, 0.25) is 0 Å².